The third-order valence-corrected chi connectivity index (χ3v) is 5.34. The van der Waals surface area contributed by atoms with E-state index in [-0.39, 0.29) is 5.38 Å². The Morgan fingerprint density at radius 2 is 2.00 bits per heavy atom. The fourth-order valence-electron chi connectivity index (χ4n) is 2.43. The van der Waals surface area contributed by atoms with Crippen molar-refractivity contribution in [3.05, 3.63) is 61.5 Å². The molecule has 1 nitrogen and oxygen atoms in total. The van der Waals surface area contributed by atoms with E-state index >= 15 is 0 Å². The molecule has 2 aromatic carbocycles. The van der Waals surface area contributed by atoms with Gasteiger partial charge in [0.15, 0.2) is 0 Å². The minimum absolute atomic E-state index is 0.212. The van der Waals surface area contributed by atoms with Crippen LogP contribution in [0.5, 0.6) is 5.75 Å². The van der Waals surface area contributed by atoms with Crippen molar-refractivity contribution in [1.29, 1.82) is 0 Å². The zero-order valence-electron chi connectivity index (χ0n) is 10.9. The van der Waals surface area contributed by atoms with Crippen molar-refractivity contribution in [2.75, 3.05) is 6.61 Å². The van der Waals surface area contributed by atoms with Crippen LogP contribution in [0, 0.1) is 6.92 Å². The molecule has 0 N–H and O–H groups in total. The molecule has 3 rings (SSSR count). The fourth-order valence-corrected chi connectivity index (χ4v) is 3.65. The monoisotopic (exact) mass is 414 g/mol. The lowest BCUT2D eigenvalue weighted by atomic mass is 10.00. The maximum Gasteiger partial charge on any atom is 0.127 e. The lowest BCUT2D eigenvalue weighted by Crippen LogP contribution is -1.98. The summed E-state index contributed by atoms with van der Waals surface area (Å²) in [7, 11) is 0. The Labute approximate surface area is 140 Å². The van der Waals surface area contributed by atoms with Crippen LogP contribution in [0.1, 0.15) is 27.6 Å². The molecular weight excluding hydrogens is 403 g/mol. The van der Waals surface area contributed by atoms with E-state index in [9.17, 15) is 0 Å². The van der Waals surface area contributed by atoms with Crippen molar-refractivity contribution in [1.82, 2.24) is 0 Å². The van der Waals surface area contributed by atoms with Gasteiger partial charge in [0, 0.05) is 20.9 Å². The molecule has 1 atom stereocenters. The quantitative estimate of drug-likeness (QED) is 0.564. The zero-order valence-corrected chi connectivity index (χ0v) is 14.8. The van der Waals surface area contributed by atoms with Crippen molar-refractivity contribution in [3.8, 4) is 5.75 Å². The number of fused-ring (bicyclic) bond motifs is 1. The SMILES string of the molecule is Cc1ccc(C(Cl)c2cc(Br)cc3c2OCC3)cc1Br. The molecule has 0 bridgehead atoms. The first kappa shape index (κ1) is 14.4. The van der Waals surface area contributed by atoms with Crippen molar-refractivity contribution >= 4 is 43.5 Å². The predicted molar refractivity (Wildman–Crippen MR) is 89.9 cm³/mol. The maximum atomic E-state index is 6.69. The third kappa shape index (κ3) is 2.63. The van der Waals surface area contributed by atoms with Crippen LogP contribution in [0.15, 0.2) is 39.3 Å². The summed E-state index contributed by atoms with van der Waals surface area (Å²) in [6, 6.07) is 10.4. The first-order valence-corrected chi connectivity index (χ1v) is 8.44. The molecule has 0 radical (unpaired) electrons. The smallest absolute Gasteiger partial charge is 0.127 e. The van der Waals surface area contributed by atoms with Crippen molar-refractivity contribution in [3.63, 3.8) is 0 Å². The number of rotatable bonds is 2. The van der Waals surface area contributed by atoms with Crippen LogP contribution in [-0.4, -0.2) is 6.61 Å². The van der Waals surface area contributed by atoms with E-state index in [0.29, 0.717) is 0 Å². The molecule has 0 saturated carbocycles. The van der Waals surface area contributed by atoms with E-state index in [1.54, 1.807) is 0 Å². The van der Waals surface area contributed by atoms with E-state index in [2.05, 4.69) is 69.1 Å². The Hall–Kier alpha value is -0.510. The first-order valence-electron chi connectivity index (χ1n) is 6.41. The van der Waals surface area contributed by atoms with Crippen molar-refractivity contribution in [2.24, 2.45) is 0 Å². The van der Waals surface area contributed by atoms with Gasteiger partial charge in [0.25, 0.3) is 0 Å². The van der Waals surface area contributed by atoms with Gasteiger partial charge in [-0.15, -0.1) is 11.6 Å². The van der Waals surface area contributed by atoms with Crippen LogP contribution in [0.25, 0.3) is 0 Å². The second kappa shape index (κ2) is 5.70. The van der Waals surface area contributed by atoms with Gasteiger partial charge in [-0.2, -0.15) is 0 Å². The summed E-state index contributed by atoms with van der Waals surface area (Å²) < 4.78 is 7.89. The van der Waals surface area contributed by atoms with Crippen molar-refractivity contribution < 1.29 is 4.74 Å². The molecule has 1 heterocycles. The van der Waals surface area contributed by atoms with E-state index < -0.39 is 0 Å². The van der Waals surface area contributed by atoms with Gasteiger partial charge in [0.05, 0.1) is 12.0 Å². The number of alkyl halides is 1. The summed E-state index contributed by atoms with van der Waals surface area (Å²) in [6.45, 7) is 2.80. The number of halogens is 3. The molecule has 4 heteroatoms. The lowest BCUT2D eigenvalue weighted by Gasteiger charge is -2.16. The van der Waals surface area contributed by atoms with Crippen LogP contribution in [0.3, 0.4) is 0 Å². The summed E-state index contributed by atoms with van der Waals surface area (Å²) in [6.07, 6.45) is 0.947. The second-order valence-electron chi connectivity index (χ2n) is 4.95. The van der Waals surface area contributed by atoms with E-state index in [1.165, 1.54) is 11.1 Å². The number of aryl methyl sites for hydroxylation is 1. The summed E-state index contributed by atoms with van der Waals surface area (Å²) in [4.78, 5) is 0. The molecule has 1 aliphatic rings. The minimum atomic E-state index is -0.212. The zero-order chi connectivity index (χ0) is 14.3. The van der Waals surface area contributed by atoms with Gasteiger partial charge in [-0.3, -0.25) is 0 Å². The maximum absolute atomic E-state index is 6.69. The van der Waals surface area contributed by atoms with E-state index in [4.69, 9.17) is 16.3 Å². The highest BCUT2D eigenvalue weighted by Crippen LogP contribution is 2.42. The Bertz CT molecular complexity index is 670. The first-order chi connectivity index (χ1) is 9.56. The molecule has 1 aliphatic heterocycles. The van der Waals surface area contributed by atoms with Gasteiger partial charge >= 0.3 is 0 Å². The number of benzene rings is 2. The summed E-state index contributed by atoms with van der Waals surface area (Å²) in [5.74, 6) is 0.949. The molecule has 0 saturated heterocycles. The molecule has 0 aromatic heterocycles. The number of hydrogen-bond donors (Lipinski definition) is 0. The van der Waals surface area contributed by atoms with Gasteiger partial charge in [-0.05, 0) is 41.8 Å². The average molecular weight is 417 g/mol. The minimum Gasteiger partial charge on any atom is -0.493 e. The number of hydrogen-bond acceptors (Lipinski definition) is 1. The summed E-state index contributed by atoms with van der Waals surface area (Å²) in [5, 5.41) is -0.212. The summed E-state index contributed by atoms with van der Waals surface area (Å²) >= 11 is 13.8. The molecule has 1 unspecified atom stereocenters. The van der Waals surface area contributed by atoms with Crippen LogP contribution >= 0.6 is 43.5 Å². The standard InChI is InChI=1S/C16H13Br2ClO/c1-9-2-3-10(7-14(9)18)15(19)13-8-12(17)6-11-4-5-20-16(11)13/h2-3,6-8,15H,4-5H2,1H3. The normalized spacial score (nSPS) is 14.8. The topological polar surface area (TPSA) is 9.23 Å². The fraction of sp³-hybridized carbons (Fsp3) is 0.250. The van der Waals surface area contributed by atoms with Gasteiger partial charge in [0.2, 0.25) is 0 Å². The highest BCUT2D eigenvalue weighted by Gasteiger charge is 2.23. The molecule has 2 aromatic rings. The van der Waals surface area contributed by atoms with Crippen LogP contribution in [-0.2, 0) is 6.42 Å². The Kier molecular flexibility index (Phi) is 4.11. The van der Waals surface area contributed by atoms with Gasteiger partial charge in [-0.1, -0.05) is 44.0 Å². The van der Waals surface area contributed by atoms with E-state index in [1.807, 2.05) is 0 Å². The van der Waals surface area contributed by atoms with Gasteiger partial charge < -0.3 is 4.74 Å². The highest BCUT2D eigenvalue weighted by molar-refractivity contribution is 9.10. The average Bonchev–Trinajstić information content (AvgIpc) is 2.88. The predicted octanol–water partition coefficient (Wildman–Crippen LogP) is 5.78. The van der Waals surface area contributed by atoms with Gasteiger partial charge in [0.1, 0.15) is 5.75 Å². The summed E-state index contributed by atoms with van der Waals surface area (Å²) in [5.41, 5.74) is 4.53. The largest absolute Gasteiger partial charge is 0.493 e. The molecule has 0 spiro atoms. The van der Waals surface area contributed by atoms with Crippen LogP contribution in [0.4, 0.5) is 0 Å². The highest BCUT2D eigenvalue weighted by atomic mass is 79.9. The Morgan fingerprint density at radius 3 is 2.75 bits per heavy atom. The van der Waals surface area contributed by atoms with Gasteiger partial charge in [-0.25, -0.2) is 0 Å². The molecule has 104 valence electrons. The molecule has 0 amide bonds. The molecule has 0 aliphatic carbocycles. The van der Waals surface area contributed by atoms with Crippen LogP contribution in [0.2, 0.25) is 0 Å². The second-order valence-corrected chi connectivity index (χ2v) is 7.16. The third-order valence-electron chi connectivity index (χ3n) is 3.54. The molecule has 0 fully saturated rings. The van der Waals surface area contributed by atoms with Crippen molar-refractivity contribution in [2.45, 2.75) is 18.7 Å². The molecular formula is C16H13Br2ClO. The lowest BCUT2D eigenvalue weighted by molar-refractivity contribution is 0.353. The van der Waals surface area contributed by atoms with E-state index in [0.717, 1.165) is 38.8 Å². The number of ether oxygens (including phenoxy) is 1. The molecule has 20 heavy (non-hydrogen) atoms. The van der Waals surface area contributed by atoms with Crippen LogP contribution < -0.4 is 4.74 Å². The Balaban J connectivity index is 2.06. The Morgan fingerprint density at radius 1 is 1.20 bits per heavy atom.